The summed E-state index contributed by atoms with van der Waals surface area (Å²) >= 11 is 0. The quantitative estimate of drug-likeness (QED) is 0.685. The SMILES string of the molecule is CCC1CCCCC1C(=O)C(F)(F)C(F)F. The molecule has 1 rings (SSSR count). The molecule has 2 atom stereocenters. The van der Waals surface area contributed by atoms with Gasteiger partial charge in [0.15, 0.2) is 0 Å². The van der Waals surface area contributed by atoms with Gasteiger partial charge in [0.1, 0.15) is 0 Å². The van der Waals surface area contributed by atoms with Crippen molar-refractivity contribution in [2.24, 2.45) is 11.8 Å². The number of alkyl halides is 4. The number of hydrogen-bond donors (Lipinski definition) is 0. The zero-order valence-electron chi connectivity index (χ0n) is 9.19. The second-order valence-electron chi connectivity index (χ2n) is 4.35. The van der Waals surface area contributed by atoms with Gasteiger partial charge in [-0.05, 0) is 18.8 Å². The first-order chi connectivity index (χ1) is 7.41. The molecule has 94 valence electrons. The Morgan fingerprint density at radius 1 is 1.31 bits per heavy atom. The first kappa shape index (κ1) is 13.5. The summed E-state index contributed by atoms with van der Waals surface area (Å²) in [6, 6.07) is 0. The average Bonchev–Trinajstić information content (AvgIpc) is 2.27. The van der Waals surface area contributed by atoms with E-state index < -0.39 is 24.0 Å². The van der Waals surface area contributed by atoms with Crippen LogP contribution in [0, 0.1) is 11.8 Å². The number of carbonyl (C=O) groups is 1. The fourth-order valence-electron chi connectivity index (χ4n) is 2.40. The Bertz CT molecular complexity index is 252. The molecule has 1 aliphatic rings. The molecule has 1 saturated carbocycles. The zero-order chi connectivity index (χ0) is 12.3. The normalized spacial score (nSPS) is 27.1. The zero-order valence-corrected chi connectivity index (χ0v) is 9.19. The Morgan fingerprint density at radius 2 is 1.88 bits per heavy atom. The highest BCUT2D eigenvalue weighted by molar-refractivity contribution is 5.88. The van der Waals surface area contributed by atoms with E-state index >= 15 is 0 Å². The van der Waals surface area contributed by atoms with Crippen LogP contribution in [0.25, 0.3) is 0 Å². The van der Waals surface area contributed by atoms with E-state index in [1.54, 1.807) is 6.92 Å². The van der Waals surface area contributed by atoms with Crippen LogP contribution in [0.15, 0.2) is 0 Å². The summed E-state index contributed by atoms with van der Waals surface area (Å²) < 4.78 is 50.0. The van der Waals surface area contributed by atoms with E-state index in [1.807, 2.05) is 0 Å². The number of ketones is 1. The van der Waals surface area contributed by atoms with Crippen LogP contribution in [-0.4, -0.2) is 18.1 Å². The second-order valence-corrected chi connectivity index (χ2v) is 4.35. The van der Waals surface area contributed by atoms with Crippen LogP contribution in [-0.2, 0) is 4.79 Å². The first-order valence-electron chi connectivity index (χ1n) is 5.61. The molecule has 0 amide bonds. The van der Waals surface area contributed by atoms with Crippen molar-refractivity contribution in [2.75, 3.05) is 0 Å². The van der Waals surface area contributed by atoms with Gasteiger partial charge >= 0.3 is 12.3 Å². The fraction of sp³-hybridized carbons (Fsp3) is 0.909. The van der Waals surface area contributed by atoms with Crippen molar-refractivity contribution in [3.8, 4) is 0 Å². The second kappa shape index (κ2) is 5.15. The molecule has 0 heterocycles. The molecule has 0 spiro atoms. The third kappa shape index (κ3) is 2.55. The Kier molecular flexibility index (Phi) is 4.33. The van der Waals surface area contributed by atoms with Crippen LogP contribution in [0.3, 0.4) is 0 Å². The van der Waals surface area contributed by atoms with Crippen molar-refractivity contribution in [2.45, 2.75) is 51.4 Å². The monoisotopic (exact) mass is 240 g/mol. The van der Waals surface area contributed by atoms with E-state index in [-0.39, 0.29) is 5.92 Å². The lowest BCUT2D eigenvalue weighted by atomic mass is 9.74. The highest BCUT2D eigenvalue weighted by Gasteiger charge is 2.52. The molecule has 0 aliphatic heterocycles. The smallest absolute Gasteiger partial charge is 0.292 e. The van der Waals surface area contributed by atoms with Crippen LogP contribution in [0.4, 0.5) is 17.6 Å². The van der Waals surface area contributed by atoms with Gasteiger partial charge in [0.2, 0.25) is 5.78 Å². The summed E-state index contributed by atoms with van der Waals surface area (Å²) in [4.78, 5) is 11.4. The summed E-state index contributed by atoms with van der Waals surface area (Å²) in [6.07, 6.45) is -0.726. The summed E-state index contributed by atoms with van der Waals surface area (Å²) in [7, 11) is 0. The van der Waals surface area contributed by atoms with Gasteiger partial charge in [0.25, 0.3) is 0 Å². The first-order valence-corrected chi connectivity index (χ1v) is 5.61. The molecule has 0 aromatic heterocycles. The van der Waals surface area contributed by atoms with Gasteiger partial charge in [-0.3, -0.25) is 4.79 Å². The molecule has 1 aliphatic carbocycles. The van der Waals surface area contributed by atoms with Gasteiger partial charge in [0.05, 0.1) is 0 Å². The molecule has 1 fully saturated rings. The Hall–Kier alpha value is -0.610. The lowest BCUT2D eigenvalue weighted by Crippen LogP contribution is -2.44. The van der Waals surface area contributed by atoms with Crippen LogP contribution >= 0.6 is 0 Å². The Labute approximate surface area is 92.2 Å². The van der Waals surface area contributed by atoms with Gasteiger partial charge in [-0.2, -0.15) is 8.78 Å². The molecule has 0 N–H and O–H groups in total. The lowest BCUT2D eigenvalue weighted by molar-refractivity contribution is -0.174. The molecule has 0 aromatic carbocycles. The third-order valence-corrected chi connectivity index (χ3v) is 3.37. The van der Waals surface area contributed by atoms with E-state index in [0.29, 0.717) is 25.7 Å². The maximum Gasteiger partial charge on any atom is 0.364 e. The standard InChI is InChI=1S/C11H16F4O/c1-2-7-5-3-4-6-8(7)9(16)11(14,15)10(12)13/h7-8,10H,2-6H2,1H3. The summed E-state index contributed by atoms with van der Waals surface area (Å²) in [6.45, 7) is 1.80. The Morgan fingerprint density at radius 3 is 2.38 bits per heavy atom. The topological polar surface area (TPSA) is 17.1 Å². The number of hydrogen-bond acceptors (Lipinski definition) is 1. The Balaban J connectivity index is 2.78. The van der Waals surface area contributed by atoms with E-state index in [1.165, 1.54) is 0 Å². The van der Waals surface area contributed by atoms with Crippen LogP contribution < -0.4 is 0 Å². The van der Waals surface area contributed by atoms with Gasteiger partial charge in [-0.25, -0.2) is 8.78 Å². The van der Waals surface area contributed by atoms with Gasteiger partial charge < -0.3 is 0 Å². The lowest BCUT2D eigenvalue weighted by Gasteiger charge is -2.31. The van der Waals surface area contributed by atoms with Crippen LogP contribution in [0.5, 0.6) is 0 Å². The van der Waals surface area contributed by atoms with Crippen molar-refractivity contribution in [1.29, 1.82) is 0 Å². The fourth-order valence-corrected chi connectivity index (χ4v) is 2.40. The highest BCUT2D eigenvalue weighted by atomic mass is 19.3. The molecule has 0 radical (unpaired) electrons. The van der Waals surface area contributed by atoms with Crippen LogP contribution in [0.1, 0.15) is 39.0 Å². The predicted molar refractivity (Wildman–Crippen MR) is 51.7 cm³/mol. The van der Waals surface area contributed by atoms with E-state index in [9.17, 15) is 22.4 Å². The summed E-state index contributed by atoms with van der Waals surface area (Å²) in [5, 5.41) is 0. The molecular weight excluding hydrogens is 224 g/mol. The molecule has 5 heteroatoms. The largest absolute Gasteiger partial charge is 0.364 e. The van der Waals surface area contributed by atoms with Gasteiger partial charge in [0, 0.05) is 5.92 Å². The van der Waals surface area contributed by atoms with Gasteiger partial charge in [-0.1, -0.05) is 26.2 Å². The number of carbonyl (C=O) groups excluding carboxylic acids is 1. The molecule has 1 nitrogen and oxygen atoms in total. The van der Waals surface area contributed by atoms with Crippen molar-refractivity contribution >= 4 is 5.78 Å². The number of rotatable bonds is 4. The minimum Gasteiger partial charge on any atom is -0.292 e. The predicted octanol–water partition coefficient (Wildman–Crippen LogP) is 3.67. The van der Waals surface area contributed by atoms with Gasteiger partial charge in [-0.15, -0.1) is 0 Å². The van der Waals surface area contributed by atoms with Crippen molar-refractivity contribution in [3.63, 3.8) is 0 Å². The summed E-state index contributed by atoms with van der Waals surface area (Å²) in [5.41, 5.74) is 0. The molecule has 0 saturated heterocycles. The maximum absolute atomic E-state index is 12.9. The van der Waals surface area contributed by atoms with Crippen molar-refractivity contribution in [3.05, 3.63) is 0 Å². The maximum atomic E-state index is 12.9. The third-order valence-electron chi connectivity index (χ3n) is 3.37. The average molecular weight is 240 g/mol. The van der Waals surface area contributed by atoms with Crippen LogP contribution in [0.2, 0.25) is 0 Å². The minimum atomic E-state index is -4.48. The molecule has 2 unspecified atom stereocenters. The van der Waals surface area contributed by atoms with E-state index in [2.05, 4.69) is 0 Å². The number of Topliss-reactive ketones (excluding diaryl/α,β-unsaturated/α-hetero) is 1. The van der Waals surface area contributed by atoms with Crippen molar-refractivity contribution in [1.82, 2.24) is 0 Å². The molecular formula is C11H16F4O. The molecule has 16 heavy (non-hydrogen) atoms. The van der Waals surface area contributed by atoms with E-state index in [4.69, 9.17) is 0 Å². The minimum absolute atomic E-state index is 0.161. The van der Waals surface area contributed by atoms with E-state index in [0.717, 1.165) is 6.42 Å². The van der Waals surface area contributed by atoms with Crippen molar-refractivity contribution < 1.29 is 22.4 Å². The molecule has 0 aromatic rings. The highest BCUT2D eigenvalue weighted by Crippen LogP contribution is 2.38. The molecule has 0 bridgehead atoms. The summed E-state index contributed by atoms with van der Waals surface area (Å²) in [5.74, 6) is -7.09. The number of halogens is 4.